The second-order valence-corrected chi connectivity index (χ2v) is 8.52. The molecule has 0 radical (unpaired) electrons. The first-order chi connectivity index (χ1) is 16.7. The Morgan fingerprint density at radius 3 is 2.63 bits per heavy atom. The molecule has 0 fully saturated rings. The number of amides is 2. The predicted molar refractivity (Wildman–Crippen MR) is 131 cm³/mol. The molecule has 1 aromatic heterocycles. The van der Waals surface area contributed by atoms with Crippen LogP contribution in [0.15, 0.2) is 66.9 Å². The van der Waals surface area contributed by atoms with Crippen molar-refractivity contribution < 1.29 is 24.2 Å². The van der Waals surface area contributed by atoms with E-state index in [-0.39, 0.29) is 18.2 Å². The molecule has 8 heteroatoms. The third-order valence-corrected chi connectivity index (χ3v) is 5.12. The molecule has 1 aliphatic rings. The average Bonchev–Trinajstić information content (AvgIpc) is 2.95. The molecule has 2 N–H and O–H groups in total. The molecule has 0 spiro atoms. The van der Waals surface area contributed by atoms with Gasteiger partial charge in [-0.3, -0.25) is 9.59 Å². The van der Waals surface area contributed by atoms with E-state index < -0.39 is 17.6 Å². The standard InChI is InChI=1S/C27H25N3O5/c1-27(2,33)14-13-18-9-12-24-23(15-18)30(3)26(32)22(17-34-24)29-25(31)21-11-10-20(16-28-21)35-19-7-5-4-6-8-19/h4-12,15-16,22,33H,17H2,1-3H3,(H,29,31). The summed E-state index contributed by atoms with van der Waals surface area (Å²) in [6, 6.07) is 16.7. The highest BCUT2D eigenvalue weighted by Gasteiger charge is 2.31. The Morgan fingerprint density at radius 2 is 1.94 bits per heavy atom. The summed E-state index contributed by atoms with van der Waals surface area (Å²) >= 11 is 0. The molecule has 35 heavy (non-hydrogen) atoms. The van der Waals surface area contributed by atoms with Crippen molar-refractivity contribution in [3.8, 4) is 29.1 Å². The number of hydrogen-bond acceptors (Lipinski definition) is 6. The summed E-state index contributed by atoms with van der Waals surface area (Å²) in [7, 11) is 1.61. The molecular formula is C27H25N3O5. The van der Waals surface area contributed by atoms with Crippen LogP contribution in [0.2, 0.25) is 0 Å². The zero-order chi connectivity index (χ0) is 25.0. The van der Waals surface area contributed by atoms with Crippen LogP contribution in [-0.4, -0.2) is 47.2 Å². The lowest BCUT2D eigenvalue weighted by atomic mass is 10.1. The number of aromatic nitrogens is 1. The monoisotopic (exact) mass is 471 g/mol. The number of anilines is 1. The van der Waals surface area contributed by atoms with E-state index in [1.807, 2.05) is 30.3 Å². The van der Waals surface area contributed by atoms with Crippen LogP contribution in [0.25, 0.3) is 0 Å². The van der Waals surface area contributed by atoms with Crippen molar-refractivity contribution in [2.75, 3.05) is 18.6 Å². The topological polar surface area (TPSA) is 101 Å². The fourth-order valence-corrected chi connectivity index (χ4v) is 3.34. The molecule has 2 heterocycles. The van der Waals surface area contributed by atoms with Crippen LogP contribution < -0.4 is 19.7 Å². The number of ether oxygens (including phenoxy) is 2. The number of hydrogen-bond donors (Lipinski definition) is 2. The number of carbonyl (C=O) groups excluding carboxylic acids is 2. The zero-order valence-corrected chi connectivity index (χ0v) is 19.6. The van der Waals surface area contributed by atoms with Crippen LogP contribution in [0, 0.1) is 11.8 Å². The molecule has 3 aromatic rings. The second kappa shape index (κ2) is 9.87. The first-order valence-electron chi connectivity index (χ1n) is 11.0. The lowest BCUT2D eigenvalue weighted by molar-refractivity contribution is -0.120. The molecular weight excluding hydrogens is 446 g/mol. The fraction of sp³-hybridized carbons (Fsp3) is 0.222. The van der Waals surface area contributed by atoms with E-state index >= 15 is 0 Å². The van der Waals surface area contributed by atoms with Gasteiger partial charge in [-0.05, 0) is 56.3 Å². The molecule has 2 amide bonds. The molecule has 1 aliphatic heterocycles. The highest BCUT2D eigenvalue weighted by molar-refractivity contribution is 6.02. The first kappa shape index (κ1) is 23.8. The number of benzene rings is 2. The summed E-state index contributed by atoms with van der Waals surface area (Å²) in [5, 5.41) is 12.5. The summed E-state index contributed by atoms with van der Waals surface area (Å²) in [4.78, 5) is 31.4. The van der Waals surface area contributed by atoms with E-state index in [9.17, 15) is 14.7 Å². The Bertz CT molecular complexity index is 1290. The van der Waals surface area contributed by atoms with Crippen molar-refractivity contribution in [2.24, 2.45) is 0 Å². The molecule has 2 aromatic carbocycles. The summed E-state index contributed by atoms with van der Waals surface area (Å²) in [6.07, 6.45) is 1.45. The van der Waals surface area contributed by atoms with Crippen LogP contribution in [0.5, 0.6) is 17.2 Å². The van der Waals surface area contributed by atoms with Crippen molar-refractivity contribution in [1.82, 2.24) is 10.3 Å². The third-order valence-electron chi connectivity index (χ3n) is 5.12. The Kier molecular flexibility index (Phi) is 6.71. The summed E-state index contributed by atoms with van der Waals surface area (Å²) in [5.74, 6) is 6.43. The van der Waals surface area contributed by atoms with Crippen molar-refractivity contribution in [3.05, 3.63) is 78.1 Å². The minimum atomic E-state index is -1.14. The van der Waals surface area contributed by atoms with Crippen molar-refractivity contribution in [2.45, 2.75) is 25.5 Å². The maximum absolute atomic E-state index is 13.1. The van der Waals surface area contributed by atoms with Crippen molar-refractivity contribution >= 4 is 17.5 Å². The Morgan fingerprint density at radius 1 is 1.17 bits per heavy atom. The summed E-state index contributed by atoms with van der Waals surface area (Å²) in [6.45, 7) is 3.15. The first-order valence-corrected chi connectivity index (χ1v) is 11.0. The van der Waals surface area contributed by atoms with Gasteiger partial charge in [-0.1, -0.05) is 30.0 Å². The van der Waals surface area contributed by atoms with E-state index in [1.54, 1.807) is 45.2 Å². The summed E-state index contributed by atoms with van der Waals surface area (Å²) < 4.78 is 11.5. The van der Waals surface area contributed by atoms with Gasteiger partial charge in [0.15, 0.2) is 0 Å². The smallest absolute Gasteiger partial charge is 0.270 e. The number of fused-ring (bicyclic) bond motifs is 1. The number of likely N-dealkylation sites (N-methyl/N-ethyl adjacent to an activating group) is 1. The molecule has 0 saturated carbocycles. The number of pyridine rings is 1. The predicted octanol–water partition coefficient (Wildman–Crippen LogP) is 3.15. The molecule has 0 saturated heterocycles. The van der Waals surface area contributed by atoms with E-state index in [0.29, 0.717) is 28.5 Å². The number of rotatable bonds is 4. The fourth-order valence-electron chi connectivity index (χ4n) is 3.34. The highest BCUT2D eigenvalue weighted by Crippen LogP contribution is 2.31. The number of para-hydroxylation sites is 1. The Hall–Kier alpha value is -4.35. The lowest BCUT2D eigenvalue weighted by Gasteiger charge is -2.20. The summed E-state index contributed by atoms with van der Waals surface area (Å²) in [5.41, 5.74) is 0.153. The molecule has 8 nitrogen and oxygen atoms in total. The lowest BCUT2D eigenvalue weighted by Crippen LogP contribution is -2.49. The number of nitrogens with one attached hydrogen (secondary N) is 1. The van der Waals surface area contributed by atoms with Gasteiger partial charge in [0, 0.05) is 12.6 Å². The zero-order valence-electron chi connectivity index (χ0n) is 19.6. The van der Waals surface area contributed by atoms with Gasteiger partial charge < -0.3 is 24.8 Å². The third kappa shape index (κ3) is 5.96. The van der Waals surface area contributed by atoms with Crippen molar-refractivity contribution in [3.63, 3.8) is 0 Å². The Balaban J connectivity index is 1.44. The van der Waals surface area contributed by atoms with Crippen LogP contribution >= 0.6 is 0 Å². The number of aliphatic hydroxyl groups is 1. The molecule has 4 rings (SSSR count). The van der Waals surface area contributed by atoms with Gasteiger partial charge in [-0.15, -0.1) is 0 Å². The van der Waals surface area contributed by atoms with E-state index in [2.05, 4.69) is 22.1 Å². The van der Waals surface area contributed by atoms with Gasteiger partial charge in [0.05, 0.1) is 11.9 Å². The second-order valence-electron chi connectivity index (χ2n) is 8.52. The maximum Gasteiger partial charge on any atom is 0.270 e. The van der Waals surface area contributed by atoms with Crippen LogP contribution in [0.4, 0.5) is 5.69 Å². The number of carbonyl (C=O) groups is 2. The van der Waals surface area contributed by atoms with Gasteiger partial charge in [0.1, 0.15) is 41.2 Å². The van der Waals surface area contributed by atoms with Crippen molar-refractivity contribution in [1.29, 1.82) is 0 Å². The van der Waals surface area contributed by atoms with Crippen LogP contribution in [0.3, 0.4) is 0 Å². The molecule has 0 bridgehead atoms. The SMILES string of the molecule is CN1C(=O)C(NC(=O)c2ccc(Oc3ccccc3)cn2)COc2ccc(C#CC(C)(C)O)cc21. The van der Waals surface area contributed by atoms with Gasteiger partial charge in [0.25, 0.3) is 11.8 Å². The van der Waals surface area contributed by atoms with Crippen LogP contribution in [-0.2, 0) is 4.79 Å². The minimum absolute atomic E-state index is 0.0359. The Labute approximate surface area is 203 Å². The molecule has 1 unspecified atom stereocenters. The van der Waals surface area contributed by atoms with E-state index in [4.69, 9.17) is 9.47 Å². The van der Waals surface area contributed by atoms with Gasteiger partial charge >= 0.3 is 0 Å². The average molecular weight is 472 g/mol. The largest absolute Gasteiger partial charge is 0.489 e. The van der Waals surface area contributed by atoms with E-state index in [1.165, 1.54) is 17.2 Å². The molecule has 178 valence electrons. The van der Waals surface area contributed by atoms with E-state index in [0.717, 1.165) is 0 Å². The quantitative estimate of drug-likeness (QED) is 0.567. The maximum atomic E-state index is 13.1. The van der Waals surface area contributed by atoms with Gasteiger partial charge in [-0.2, -0.15) is 0 Å². The van der Waals surface area contributed by atoms with Gasteiger partial charge in [-0.25, -0.2) is 4.98 Å². The number of nitrogens with zero attached hydrogens (tertiary/aromatic N) is 2. The molecule has 1 atom stereocenters. The normalized spacial score (nSPS) is 15.1. The minimum Gasteiger partial charge on any atom is -0.489 e. The highest BCUT2D eigenvalue weighted by atomic mass is 16.5. The van der Waals surface area contributed by atoms with Gasteiger partial charge in [0.2, 0.25) is 0 Å². The van der Waals surface area contributed by atoms with Crippen LogP contribution in [0.1, 0.15) is 29.9 Å². The molecule has 0 aliphatic carbocycles.